The maximum absolute atomic E-state index is 13.7. The van der Waals surface area contributed by atoms with Gasteiger partial charge in [-0.05, 0) is 61.1 Å². The molecule has 3 fully saturated rings. The highest BCUT2D eigenvalue weighted by Crippen LogP contribution is 2.40. The molecule has 3 saturated heterocycles. The molecule has 15 atom stereocenters. The van der Waals surface area contributed by atoms with E-state index in [-0.39, 0.29) is 42.5 Å². The third kappa shape index (κ3) is 10.2. The first-order chi connectivity index (χ1) is 28.4. The van der Waals surface area contributed by atoms with Crippen LogP contribution in [0.2, 0.25) is 0 Å². The lowest BCUT2D eigenvalue weighted by molar-refractivity contribution is -0.345. The van der Waals surface area contributed by atoms with Gasteiger partial charge < -0.3 is 42.6 Å². The van der Waals surface area contributed by atoms with E-state index in [0.29, 0.717) is 23.1 Å². The van der Waals surface area contributed by atoms with Gasteiger partial charge in [0.05, 0.1) is 41.6 Å². The smallest absolute Gasteiger partial charge is 0.338 e. The monoisotopic (exact) mass is 816 g/mol. The second-order valence-corrected chi connectivity index (χ2v) is 16.1. The van der Waals surface area contributed by atoms with Crippen molar-refractivity contribution in [3.63, 3.8) is 0 Å². The molecule has 0 aliphatic carbocycles. The zero-order valence-electron chi connectivity index (χ0n) is 35.3. The molecule has 15 unspecified atom stereocenters. The number of hydrogen-bond acceptors (Lipinski definition) is 12. The molecule has 0 N–H and O–H groups in total. The molecule has 3 aromatic rings. The number of rotatable bonds is 14. The summed E-state index contributed by atoms with van der Waals surface area (Å²) in [6.07, 6.45) is -6.09. The molecule has 3 aromatic carbocycles. The minimum absolute atomic E-state index is 0.00913. The van der Waals surface area contributed by atoms with Crippen LogP contribution in [0.1, 0.15) is 92.4 Å². The summed E-state index contributed by atoms with van der Waals surface area (Å²) in [6.45, 7) is 14.2. The number of ether oxygens (including phenoxy) is 9. The molecule has 6 rings (SSSR count). The van der Waals surface area contributed by atoms with Gasteiger partial charge in [-0.15, -0.1) is 0 Å². The number of hydrogen-bond donors (Lipinski definition) is 0. The van der Waals surface area contributed by atoms with Gasteiger partial charge in [-0.1, -0.05) is 103 Å². The van der Waals surface area contributed by atoms with Crippen molar-refractivity contribution in [1.82, 2.24) is 0 Å². The summed E-state index contributed by atoms with van der Waals surface area (Å²) in [5, 5.41) is 0. The molecule has 0 amide bonds. The first-order valence-corrected chi connectivity index (χ1v) is 21.0. The summed E-state index contributed by atoms with van der Waals surface area (Å²) >= 11 is 0. The minimum Gasteiger partial charge on any atom is -0.453 e. The first kappa shape index (κ1) is 44.4. The van der Waals surface area contributed by atoms with Crippen molar-refractivity contribution in [3.05, 3.63) is 108 Å². The predicted octanol–water partition coefficient (Wildman–Crippen LogP) is 7.89. The Morgan fingerprint density at radius 3 is 1.29 bits per heavy atom. The van der Waals surface area contributed by atoms with Crippen molar-refractivity contribution in [2.24, 2.45) is 29.6 Å². The lowest BCUT2D eigenvalue weighted by Gasteiger charge is -2.49. The van der Waals surface area contributed by atoms with Crippen LogP contribution >= 0.6 is 0 Å². The molecule has 12 nitrogen and oxygen atoms in total. The van der Waals surface area contributed by atoms with Gasteiger partial charge in [0.2, 0.25) is 0 Å². The van der Waals surface area contributed by atoms with Gasteiger partial charge in [-0.25, -0.2) is 14.4 Å². The maximum Gasteiger partial charge on any atom is 0.338 e. The second kappa shape index (κ2) is 20.4. The molecule has 3 heterocycles. The van der Waals surface area contributed by atoms with Crippen LogP contribution in [0, 0.1) is 29.6 Å². The minimum atomic E-state index is -1.09. The van der Waals surface area contributed by atoms with Crippen molar-refractivity contribution < 1.29 is 57.0 Å². The van der Waals surface area contributed by atoms with Crippen LogP contribution in [-0.4, -0.2) is 93.2 Å². The van der Waals surface area contributed by atoms with Crippen molar-refractivity contribution in [3.8, 4) is 0 Å². The van der Waals surface area contributed by atoms with E-state index in [2.05, 4.69) is 20.8 Å². The Labute approximate surface area is 348 Å². The summed E-state index contributed by atoms with van der Waals surface area (Å²) < 4.78 is 57.6. The van der Waals surface area contributed by atoms with Crippen LogP contribution in [0.3, 0.4) is 0 Å². The van der Waals surface area contributed by atoms with Gasteiger partial charge >= 0.3 is 17.9 Å². The van der Waals surface area contributed by atoms with Crippen LogP contribution in [0.4, 0.5) is 0 Å². The van der Waals surface area contributed by atoms with Crippen molar-refractivity contribution in [2.45, 2.75) is 123 Å². The molecule has 3 aliphatic heterocycles. The first-order valence-electron chi connectivity index (χ1n) is 21.0. The van der Waals surface area contributed by atoms with Crippen LogP contribution < -0.4 is 0 Å². The van der Waals surface area contributed by atoms with Crippen LogP contribution in [0.25, 0.3) is 0 Å². The van der Waals surface area contributed by atoms with E-state index in [9.17, 15) is 14.4 Å². The van der Waals surface area contributed by atoms with E-state index in [4.69, 9.17) is 42.6 Å². The molecule has 0 spiro atoms. The van der Waals surface area contributed by atoms with Gasteiger partial charge in [-0.2, -0.15) is 0 Å². The van der Waals surface area contributed by atoms with Gasteiger partial charge in [0.25, 0.3) is 0 Å². The predicted molar refractivity (Wildman–Crippen MR) is 217 cm³/mol. The molecule has 3 aliphatic rings. The van der Waals surface area contributed by atoms with Crippen LogP contribution in [0.15, 0.2) is 91.0 Å². The molecule has 0 saturated carbocycles. The number of carbonyl (C=O) groups is 3. The SMILES string of the molecule is CCC1OC(OCC2OC(OC)C(OC(=O)c3ccccc3)C(OC3OC(CC)C(C)C(C)C3OC(=O)c3ccccc3)C2C)C(OC(=O)c2ccccc2)C(C)C1C. The van der Waals surface area contributed by atoms with E-state index in [1.54, 1.807) is 72.8 Å². The Balaban J connectivity index is 1.28. The summed E-state index contributed by atoms with van der Waals surface area (Å²) in [7, 11) is 1.47. The van der Waals surface area contributed by atoms with Gasteiger partial charge in [0, 0.05) is 24.9 Å². The Morgan fingerprint density at radius 2 is 0.864 bits per heavy atom. The standard InChI is InChI=1S/C47H60O12/c1-9-35-27(3)29(5)39(56-42(48)32-20-14-11-15-21-32)46(53-35)52-26-37-31(7)38(41(45(51-8)55-37)58-44(50)34-24-18-13-19-25-34)59-47-40(30(6)28(4)36(10-2)54-47)57-43(49)33-22-16-12-17-23-33/h11-25,27-31,35-41,45-47H,9-10,26H2,1-8H3. The van der Waals surface area contributed by atoms with E-state index in [0.717, 1.165) is 6.42 Å². The van der Waals surface area contributed by atoms with Crippen molar-refractivity contribution in [2.75, 3.05) is 13.7 Å². The van der Waals surface area contributed by atoms with Crippen LogP contribution in [-0.2, 0) is 42.6 Å². The summed E-state index contributed by atoms with van der Waals surface area (Å²) in [4.78, 5) is 40.5. The third-order valence-electron chi connectivity index (χ3n) is 12.5. The van der Waals surface area contributed by atoms with Gasteiger partial charge in [0.15, 0.2) is 37.2 Å². The average molecular weight is 817 g/mol. The third-order valence-corrected chi connectivity index (χ3v) is 12.5. The Morgan fingerprint density at radius 1 is 0.475 bits per heavy atom. The maximum atomic E-state index is 13.7. The Kier molecular flexibility index (Phi) is 15.3. The highest BCUT2D eigenvalue weighted by molar-refractivity contribution is 5.90. The fourth-order valence-corrected chi connectivity index (χ4v) is 8.41. The molecular weight excluding hydrogens is 757 g/mol. The molecular formula is C47H60O12. The van der Waals surface area contributed by atoms with Gasteiger partial charge in [-0.3, -0.25) is 0 Å². The number of esters is 3. The number of benzene rings is 3. The zero-order valence-corrected chi connectivity index (χ0v) is 35.3. The molecule has 0 aromatic heterocycles. The number of carbonyl (C=O) groups excluding carboxylic acids is 3. The van der Waals surface area contributed by atoms with E-state index in [1.807, 2.05) is 45.9 Å². The molecule has 0 bridgehead atoms. The lowest BCUT2D eigenvalue weighted by atomic mass is 9.82. The largest absolute Gasteiger partial charge is 0.453 e. The Bertz CT molecular complexity index is 1790. The summed E-state index contributed by atoms with van der Waals surface area (Å²) in [5.41, 5.74) is 1.18. The number of methoxy groups -OCH3 is 1. The molecule has 59 heavy (non-hydrogen) atoms. The molecule has 12 heteroatoms. The topological polar surface area (TPSA) is 134 Å². The average Bonchev–Trinajstić information content (AvgIpc) is 3.26. The fraction of sp³-hybridized carbons (Fsp3) is 0.553. The zero-order chi connectivity index (χ0) is 42.2. The summed E-state index contributed by atoms with van der Waals surface area (Å²) in [6, 6.07) is 26.3. The Hall–Kier alpha value is -4.17. The lowest BCUT2D eigenvalue weighted by Crippen LogP contribution is -2.61. The highest BCUT2D eigenvalue weighted by atomic mass is 16.8. The van der Waals surface area contributed by atoms with Gasteiger partial charge in [0.1, 0.15) is 6.10 Å². The van der Waals surface area contributed by atoms with E-state index < -0.39 is 73.2 Å². The summed E-state index contributed by atoms with van der Waals surface area (Å²) in [5.74, 6) is -2.18. The normalized spacial score (nSPS) is 34.7. The molecule has 320 valence electrons. The second-order valence-electron chi connectivity index (χ2n) is 16.1. The quantitative estimate of drug-likeness (QED) is 0.116. The van der Waals surface area contributed by atoms with E-state index >= 15 is 0 Å². The van der Waals surface area contributed by atoms with Crippen molar-refractivity contribution in [1.29, 1.82) is 0 Å². The fourth-order valence-electron chi connectivity index (χ4n) is 8.41. The van der Waals surface area contributed by atoms with E-state index in [1.165, 1.54) is 7.11 Å². The van der Waals surface area contributed by atoms with Crippen LogP contribution in [0.5, 0.6) is 0 Å². The van der Waals surface area contributed by atoms with Crippen molar-refractivity contribution >= 4 is 17.9 Å². The molecule has 0 radical (unpaired) electrons. The highest BCUT2D eigenvalue weighted by Gasteiger charge is 2.53.